The molecule has 0 fully saturated rings. The largest absolute Gasteiger partial charge is 0.462 e. The highest BCUT2D eigenvalue weighted by atomic mass is 35.5. The van der Waals surface area contributed by atoms with Gasteiger partial charge in [-0.2, -0.15) is 5.10 Å². The van der Waals surface area contributed by atoms with Crippen LogP contribution in [0.25, 0.3) is 0 Å². The van der Waals surface area contributed by atoms with Crippen LogP contribution >= 0.6 is 11.6 Å². The Hall–Kier alpha value is -2.08. The summed E-state index contributed by atoms with van der Waals surface area (Å²) in [6, 6.07) is 6.39. The van der Waals surface area contributed by atoms with Crippen molar-refractivity contribution < 1.29 is 19.1 Å². The van der Waals surface area contributed by atoms with Crippen molar-refractivity contribution in [1.82, 2.24) is 0 Å². The first-order valence-electron chi connectivity index (χ1n) is 6.02. The summed E-state index contributed by atoms with van der Waals surface area (Å²) in [5.41, 5.74) is 3.58. The van der Waals surface area contributed by atoms with Crippen molar-refractivity contribution in [3.05, 3.63) is 29.8 Å². The number of halogens is 1. The summed E-state index contributed by atoms with van der Waals surface area (Å²) in [6.07, 6.45) is 0. The zero-order valence-corrected chi connectivity index (χ0v) is 11.9. The highest BCUT2D eigenvalue weighted by Gasteiger charge is 2.09. The Morgan fingerprint density at radius 3 is 2.30 bits per heavy atom. The number of esters is 2. The van der Waals surface area contributed by atoms with Crippen LogP contribution in [0.4, 0.5) is 5.69 Å². The Kier molecular flexibility index (Phi) is 6.52. The molecule has 0 amide bonds. The second-order valence-electron chi connectivity index (χ2n) is 3.53. The van der Waals surface area contributed by atoms with E-state index in [1.54, 1.807) is 38.1 Å². The summed E-state index contributed by atoms with van der Waals surface area (Å²) >= 11 is 5.62. The van der Waals surface area contributed by atoms with Crippen molar-refractivity contribution >= 4 is 34.4 Å². The molecular weight excluding hydrogens is 284 g/mol. The third kappa shape index (κ3) is 4.89. The molecule has 1 N–H and O–H groups in total. The molecule has 0 atom stereocenters. The molecule has 0 aromatic heterocycles. The van der Waals surface area contributed by atoms with Gasteiger partial charge in [0.1, 0.15) is 0 Å². The van der Waals surface area contributed by atoms with Gasteiger partial charge in [-0.05, 0) is 38.1 Å². The van der Waals surface area contributed by atoms with Crippen molar-refractivity contribution in [2.24, 2.45) is 5.10 Å². The van der Waals surface area contributed by atoms with Crippen molar-refractivity contribution in [3.63, 3.8) is 0 Å². The molecule has 1 aromatic carbocycles. The average molecular weight is 299 g/mol. The van der Waals surface area contributed by atoms with E-state index in [-0.39, 0.29) is 11.8 Å². The monoisotopic (exact) mass is 298 g/mol. The zero-order valence-electron chi connectivity index (χ0n) is 11.2. The number of nitrogens with one attached hydrogen (secondary N) is 1. The minimum atomic E-state index is -0.704. The van der Waals surface area contributed by atoms with Crippen LogP contribution in [0.3, 0.4) is 0 Å². The van der Waals surface area contributed by atoms with Gasteiger partial charge in [-0.25, -0.2) is 9.59 Å². The standard InChI is InChI=1S/C13H15ClN2O4/c1-3-19-12(17)9-5-7-10(8-6-9)15-16-11(14)13(18)20-4-2/h5-8,15H,3-4H2,1-2H3. The molecule has 1 aromatic rings. The maximum absolute atomic E-state index is 11.4. The molecule has 0 spiro atoms. The van der Waals surface area contributed by atoms with Crippen LogP contribution in [0.2, 0.25) is 0 Å². The number of nitrogens with zero attached hydrogens (tertiary/aromatic N) is 1. The first kappa shape index (κ1) is 16.0. The molecule has 0 aliphatic heterocycles. The number of rotatable bonds is 6. The topological polar surface area (TPSA) is 77.0 Å². The smallest absolute Gasteiger partial charge is 0.370 e. The maximum atomic E-state index is 11.4. The lowest BCUT2D eigenvalue weighted by atomic mass is 10.2. The van der Waals surface area contributed by atoms with Crippen molar-refractivity contribution in [2.75, 3.05) is 18.6 Å². The highest BCUT2D eigenvalue weighted by molar-refractivity contribution is 6.82. The normalized spacial score (nSPS) is 10.8. The summed E-state index contributed by atoms with van der Waals surface area (Å²) in [4.78, 5) is 22.6. The molecule has 0 saturated carbocycles. The second kappa shape index (κ2) is 8.16. The van der Waals surface area contributed by atoms with Crippen LogP contribution in [0.5, 0.6) is 0 Å². The lowest BCUT2D eigenvalue weighted by molar-refractivity contribution is -0.134. The predicted molar refractivity (Wildman–Crippen MR) is 75.9 cm³/mol. The van der Waals surface area contributed by atoms with Crippen LogP contribution < -0.4 is 5.43 Å². The first-order valence-corrected chi connectivity index (χ1v) is 6.39. The van der Waals surface area contributed by atoms with E-state index >= 15 is 0 Å². The molecule has 0 aliphatic carbocycles. The SMILES string of the molecule is CCOC(=O)C(Cl)=NNc1ccc(C(=O)OCC)cc1. The Morgan fingerprint density at radius 2 is 1.75 bits per heavy atom. The van der Waals surface area contributed by atoms with E-state index in [2.05, 4.69) is 15.3 Å². The van der Waals surface area contributed by atoms with Gasteiger partial charge in [0.25, 0.3) is 0 Å². The molecule has 1 rings (SSSR count). The number of hydrogen-bond acceptors (Lipinski definition) is 6. The van der Waals surface area contributed by atoms with Gasteiger partial charge in [0.2, 0.25) is 5.17 Å². The molecule has 108 valence electrons. The van der Waals surface area contributed by atoms with E-state index in [0.29, 0.717) is 17.9 Å². The van der Waals surface area contributed by atoms with Crippen LogP contribution in [0, 0.1) is 0 Å². The molecule has 0 unspecified atom stereocenters. The van der Waals surface area contributed by atoms with Crippen molar-refractivity contribution in [1.29, 1.82) is 0 Å². The fraction of sp³-hybridized carbons (Fsp3) is 0.308. The third-order valence-corrected chi connectivity index (χ3v) is 2.36. The minimum absolute atomic E-state index is 0.221. The Bertz CT molecular complexity index is 500. The van der Waals surface area contributed by atoms with E-state index in [4.69, 9.17) is 16.3 Å². The lowest BCUT2D eigenvalue weighted by Gasteiger charge is -2.04. The number of anilines is 1. The zero-order chi connectivity index (χ0) is 15.0. The third-order valence-electron chi connectivity index (χ3n) is 2.12. The van der Waals surface area contributed by atoms with Gasteiger partial charge in [0, 0.05) is 0 Å². The van der Waals surface area contributed by atoms with Gasteiger partial charge in [-0.1, -0.05) is 11.6 Å². The fourth-order valence-electron chi connectivity index (χ4n) is 1.25. The Balaban J connectivity index is 2.64. The molecule has 0 radical (unpaired) electrons. The van der Waals surface area contributed by atoms with Crippen molar-refractivity contribution in [3.8, 4) is 0 Å². The van der Waals surface area contributed by atoms with Crippen LogP contribution in [0.1, 0.15) is 24.2 Å². The van der Waals surface area contributed by atoms with E-state index in [0.717, 1.165) is 0 Å². The van der Waals surface area contributed by atoms with Gasteiger partial charge in [-0.3, -0.25) is 5.43 Å². The minimum Gasteiger partial charge on any atom is -0.462 e. The van der Waals surface area contributed by atoms with Crippen LogP contribution in [-0.4, -0.2) is 30.3 Å². The maximum Gasteiger partial charge on any atom is 0.370 e. The Labute approximate surface area is 121 Å². The predicted octanol–water partition coefficient (Wildman–Crippen LogP) is 2.39. The van der Waals surface area contributed by atoms with Crippen LogP contribution in [-0.2, 0) is 14.3 Å². The first-order chi connectivity index (χ1) is 9.58. The Morgan fingerprint density at radius 1 is 1.15 bits per heavy atom. The number of ether oxygens (including phenoxy) is 2. The summed E-state index contributed by atoms with van der Waals surface area (Å²) in [7, 11) is 0. The second-order valence-corrected chi connectivity index (χ2v) is 3.89. The molecule has 0 saturated heterocycles. The number of carbonyl (C=O) groups is 2. The summed E-state index contributed by atoms with van der Waals surface area (Å²) in [6.45, 7) is 3.95. The molecule has 0 aliphatic rings. The highest BCUT2D eigenvalue weighted by Crippen LogP contribution is 2.11. The fourth-order valence-corrected chi connectivity index (χ4v) is 1.34. The van der Waals surface area contributed by atoms with Crippen LogP contribution in [0.15, 0.2) is 29.4 Å². The van der Waals surface area contributed by atoms with Gasteiger partial charge >= 0.3 is 11.9 Å². The van der Waals surface area contributed by atoms with Gasteiger partial charge in [0.15, 0.2) is 0 Å². The van der Waals surface area contributed by atoms with E-state index in [1.165, 1.54) is 0 Å². The summed E-state index contributed by atoms with van der Waals surface area (Å²) in [5.74, 6) is -1.10. The molecule has 6 nitrogen and oxygen atoms in total. The van der Waals surface area contributed by atoms with Gasteiger partial charge in [-0.15, -0.1) is 0 Å². The summed E-state index contributed by atoms with van der Waals surface area (Å²) in [5, 5.41) is 3.36. The number of carbonyl (C=O) groups excluding carboxylic acids is 2. The lowest BCUT2D eigenvalue weighted by Crippen LogP contribution is -2.13. The quantitative estimate of drug-likeness (QED) is 0.496. The van der Waals surface area contributed by atoms with Gasteiger partial charge < -0.3 is 9.47 Å². The molecule has 7 heteroatoms. The van der Waals surface area contributed by atoms with Crippen molar-refractivity contribution in [2.45, 2.75) is 13.8 Å². The number of hydrazone groups is 1. The molecule has 0 heterocycles. The van der Waals surface area contributed by atoms with E-state index < -0.39 is 11.9 Å². The number of hydrogen-bond donors (Lipinski definition) is 1. The van der Waals surface area contributed by atoms with Gasteiger partial charge in [0.05, 0.1) is 24.5 Å². The van der Waals surface area contributed by atoms with E-state index in [1.807, 2.05) is 0 Å². The van der Waals surface area contributed by atoms with E-state index in [9.17, 15) is 9.59 Å². The molecular formula is C13H15ClN2O4. The summed E-state index contributed by atoms with van der Waals surface area (Å²) < 4.78 is 9.52. The molecule has 20 heavy (non-hydrogen) atoms. The number of benzene rings is 1. The molecule has 0 bridgehead atoms. The average Bonchev–Trinajstić information content (AvgIpc) is 2.45.